The number of benzene rings is 3. The fraction of sp³-hybridized carbons (Fsp3) is 0.207. The minimum Gasteiger partial charge on any atom is -0.338 e. The van der Waals surface area contributed by atoms with Crippen LogP contribution in [0, 0.1) is 0 Å². The summed E-state index contributed by atoms with van der Waals surface area (Å²) < 4.78 is 30.2. The van der Waals surface area contributed by atoms with Crippen molar-refractivity contribution in [3.05, 3.63) is 94.6 Å². The van der Waals surface area contributed by atoms with Crippen LogP contribution < -0.4 is 9.47 Å². The largest absolute Gasteiger partial charge is 0.338 e. The van der Waals surface area contributed by atoms with Gasteiger partial charge in [-0.1, -0.05) is 48.5 Å². The minimum atomic E-state index is -3.48. The molecule has 0 spiro atoms. The van der Waals surface area contributed by atoms with Gasteiger partial charge < -0.3 is 4.90 Å². The quantitative estimate of drug-likeness (QED) is 0.216. The van der Waals surface area contributed by atoms with Gasteiger partial charge in [0.2, 0.25) is 21.2 Å². The van der Waals surface area contributed by atoms with E-state index in [0.717, 1.165) is 57.0 Å². The fourth-order valence-corrected chi connectivity index (χ4v) is 8.15. The highest BCUT2D eigenvalue weighted by molar-refractivity contribution is 8.04. The maximum Gasteiger partial charge on any atom is 0.281 e. The van der Waals surface area contributed by atoms with Crippen LogP contribution in [0.25, 0.3) is 22.7 Å². The van der Waals surface area contributed by atoms with Gasteiger partial charge in [-0.15, -0.1) is 4.57 Å². The fourth-order valence-electron chi connectivity index (χ4n) is 5.08. The Labute approximate surface area is 227 Å². The zero-order valence-electron chi connectivity index (χ0n) is 20.5. The smallest absolute Gasteiger partial charge is 0.281 e. The summed E-state index contributed by atoms with van der Waals surface area (Å²) in [6.07, 6.45) is 5.07. The Morgan fingerprint density at radius 1 is 0.919 bits per heavy atom. The van der Waals surface area contributed by atoms with Gasteiger partial charge in [-0.25, -0.2) is 8.42 Å². The van der Waals surface area contributed by atoms with Crippen molar-refractivity contribution in [3.63, 3.8) is 0 Å². The molecule has 3 heterocycles. The summed E-state index contributed by atoms with van der Waals surface area (Å²) in [5.41, 5.74) is 4.03. The molecule has 5 nitrogen and oxygen atoms in total. The molecule has 8 heteroatoms. The third kappa shape index (κ3) is 4.44. The molecule has 0 bridgehead atoms. The number of hydrogen-bond acceptors (Lipinski definition) is 4. The van der Waals surface area contributed by atoms with Gasteiger partial charge >= 0.3 is 0 Å². The van der Waals surface area contributed by atoms with E-state index in [1.54, 1.807) is 22.1 Å². The highest BCUT2D eigenvalue weighted by Crippen LogP contribution is 2.47. The zero-order valence-corrected chi connectivity index (χ0v) is 22.9. The van der Waals surface area contributed by atoms with Crippen molar-refractivity contribution in [2.75, 3.05) is 25.0 Å². The SMILES string of the molecule is CN1C(=Cc2cc(Cl)[n+](-c3ccccc3)c3ccccc23)Sc2cc(S(=O)(=O)N3CCCCC3)ccc21. The van der Waals surface area contributed by atoms with Crippen LogP contribution >= 0.6 is 23.4 Å². The molecule has 6 rings (SSSR count). The van der Waals surface area contributed by atoms with E-state index in [-0.39, 0.29) is 0 Å². The zero-order chi connectivity index (χ0) is 25.6. The summed E-state index contributed by atoms with van der Waals surface area (Å²) in [6, 6.07) is 25.8. The third-order valence-electron chi connectivity index (χ3n) is 7.03. The Balaban J connectivity index is 1.38. The maximum absolute atomic E-state index is 13.2. The van der Waals surface area contributed by atoms with Crippen LogP contribution in [-0.2, 0) is 10.0 Å². The van der Waals surface area contributed by atoms with E-state index in [9.17, 15) is 8.42 Å². The number of hydrogen-bond donors (Lipinski definition) is 0. The number of sulfonamides is 1. The normalized spacial score (nSPS) is 17.5. The molecule has 37 heavy (non-hydrogen) atoms. The average molecular weight is 549 g/mol. The third-order valence-corrected chi connectivity index (χ3v) is 10.3. The van der Waals surface area contributed by atoms with Crippen molar-refractivity contribution >= 4 is 56.1 Å². The first-order valence-corrected chi connectivity index (χ1v) is 15.0. The highest BCUT2D eigenvalue weighted by atomic mass is 35.5. The Hall–Kier alpha value is -2.84. The van der Waals surface area contributed by atoms with Crippen LogP contribution in [-0.4, -0.2) is 32.9 Å². The first-order valence-electron chi connectivity index (χ1n) is 12.4. The average Bonchev–Trinajstić information content (AvgIpc) is 3.24. The lowest BCUT2D eigenvalue weighted by molar-refractivity contribution is -0.564. The van der Waals surface area contributed by atoms with Crippen LogP contribution in [0.15, 0.2) is 93.7 Å². The maximum atomic E-state index is 13.2. The molecular weight excluding hydrogens is 522 g/mol. The van der Waals surface area contributed by atoms with Crippen molar-refractivity contribution in [2.24, 2.45) is 0 Å². The van der Waals surface area contributed by atoms with E-state index in [0.29, 0.717) is 23.1 Å². The molecule has 188 valence electrons. The molecule has 2 aliphatic rings. The van der Waals surface area contributed by atoms with E-state index in [1.807, 2.05) is 67.7 Å². The summed E-state index contributed by atoms with van der Waals surface area (Å²) in [4.78, 5) is 3.42. The molecule has 3 aromatic carbocycles. The summed E-state index contributed by atoms with van der Waals surface area (Å²) in [5, 5.41) is 2.72. The summed E-state index contributed by atoms with van der Waals surface area (Å²) in [7, 11) is -1.47. The van der Waals surface area contributed by atoms with Crippen molar-refractivity contribution in [1.82, 2.24) is 4.31 Å². The van der Waals surface area contributed by atoms with Crippen LogP contribution in [0.4, 0.5) is 5.69 Å². The standard InChI is InChI=1S/C29H27ClN3O2S2/c1-31-26-15-14-23(37(34,35)32-16-8-3-9-17-32)20-27(26)36-29(31)19-21-18-28(30)33(22-10-4-2-5-11-22)25-13-7-6-12-24(21)25/h2,4-7,10-15,18-20H,3,8-9,16-17H2,1H3/q+1. The van der Waals surface area contributed by atoms with Crippen LogP contribution in [0.2, 0.25) is 5.15 Å². The lowest BCUT2D eigenvalue weighted by Gasteiger charge is -2.26. The number of para-hydroxylation sites is 2. The summed E-state index contributed by atoms with van der Waals surface area (Å²) >= 11 is 8.43. The van der Waals surface area contributed by atoms with Crippen molar-refractivity contribution < 1.29 is 13.0 Å². The number of fused-ring (bicyclic) bond motifs is 2. The molecule has 0 radical (unpaired) electrons. The second kappa shape index (κ2) is 9.80. The topological polar surface area (TPSA) is 44.5 Å². The molecule has 2 aliphatic heterocycles. The lowest BCUT2D eigenvalue weighted by atomic mass is 10.1. The van der Waals surface area contributed by atoms with E-state index in [1.165, 1.54) is 0 Å². The number of anilines is 1. The number of thioether (sulfide) groups is 1. The van der Waals surface area contributed by atoms with Crippen LogP contribution in [0.5, 0.6) is 0 Å². The molecule has 0 amide bonds. The predicted molar refractivity (Wildman–Crippen MR) is 152 cm³/mol. The molecule has 0 aliphatic carbocycles. The van der Waals surface area contributed by atoms with Gasteiger partial charge in [0, 0.05) is 49.3 Å². The van der Waals surface area contributed by atoms with Gasteiger partial charge in [0.05, 0.1) is 21.0 Å². The van der Waals surface area contributed by atoms with Crippen LogP contribution in [0.1, 0.15) is 24.8 Å². The Morgan fingerprint density at radius 3 is 2.43 bits per heavy atom. The molecule has 1 fully saturated rings. The Bertz CT molecular complexity index is 1630. The molecule has 1 aromatic heterocycles. The monoisotopic (exact) mass is 548 g/mol. The van der Waals surface area contributed by atoms with Gasteiger partial charge in [0.1, 0.15) is 0 Å². The molecule has 0 unspecified atom stereocenters. The number of rotatable bonds is 4. The van der Waals surface area contributed by atoms with Gasteiger partial charge in [-0.05, 0) is 60.3 Å². The van der Waals surface area contributed by atoms with Gasteiger partial charge in [0.15, 0.2) is 0 Å². The summed E-state index contributed by atoms with van der Waals surface area (Å²) in [5.74, 6) is 0. The molecule has 1 saturated heterocycles. The van der Waals surface area contributed by atoms with E-state index in [4.69, 9.17) is 11.6 Å². The number of piperidine rings is 1. The van der Waals surface area contributed by atoms with Crippen molar-refractivity contribution in [1.29, 1.82) is 0 Å². The molecule has 0 saturated carbocycles. The number of aromatic nitrogens is 1. The second-order valence-corrected chi connectivity index (χ2v) is 12.7. The Kier molecular flexibility index (Phi) is 6.49. The lowest BCUT2D eigenvalue weighted by Crippen LogP contribution is -2.35. The highest BCUT2D eigenvalue weighted by Gasteiger charge is 2.30. The van der Waals surface area contributed by atoms with E-state index in [2.05, 4.69) is 27.7 Å². The van der Waals surface area contributed by atoms with E-state index < -0.39 is 10.0 Å². The number of nitrogens with zero attached hydrogens (tertiary/aromatic N) is 3. The van der Waals surface area contributed by atoms with Gasteiger partial charge in [-0.2, -0.15) is 4.31 Å². The number of halogens is 1. The van der Waals surface area contributed by atoms with Crippen molar-refractivity contribution in [3.8, 4) is 5.69 Å². The molecular formula is C29H27ClN3O2S2+. The first-order chi connectivity index (χ1) is 17.9. The molecule has 4 aromatic rings. The second-order valence-electron chi connectivity index (χ2n) is 9.35. The molecule has 0 N–H and O–H groups in total. The molecule has 0 atom stereocenters. The van der Waals surface area contributed by atoms with Crippen LogP contribution in [0.3, 0.4) is 0 Å². The first kappa shape index (κ1) is 24.5. The Morgan fingerprint density at radius 2 is 1.65 bits per heavy atom. The number of pyridine rings is 1. The minimum absolute atomic E-state index is 0.368. The van der Waals surface area contributed by atoms with E-state index >= 15 is 0 Å². The van der Waals surface area contributed by atoms with Crippen molar-refractivity contribution in [2.45, 2.75) is 29.1 Å². The van der Waals surface area contributed by atoms with Gasteiger partial charge in [-0.3, -0.25) is 0 Å². The predicted octanol–water partition coefficient (Wildman–Crippen LogP) is 6.49. The summed E-state index contributed by atoms with van der Waals surface area (Å²) in [6.45, 7) is 1.20. The van der Waals surface area contributed by atoms with Gasteiger partial charge in [0.25, 0.3) is 5.15 Å².